The zero-order valence-electron chi connectivity index (χ0n) is 18.1. The molecule has 4 rings (SSSR count). The van der Waals surface area contributed by atoms with Crippen LogP contribution in [0, 0.1) is 13.8 Å². The molecule has 1 aromatic carbocycles. The van der Waals surface area contributed by atoms with Gasteiger partial charge in [-0.2, -0.15) is 10.2 Å². The summed E-state index contributed by atoms with van der Waals surface area (Å²) < 4.78 is 29.8. The van der Waals surface area contributed by atoms with Crippen LogP contribution in [0.3, 0.4) is 0 Å². The van der Waals surface area contributed by atoms with E-state index in [9.17, 15) is 18.4 Å². The van der Waals surface area contributed by atoms with Gasteiger partial charge in [0.1, 0.15) is 6.54 Å². The number of hydrogen-bond donors (Lipinski definition) is 2. The Morgan fingerprint density at radius 2 is 1.70 bits per heavy atom. The van der Waals surface area contributed by atoms with Gasteiger partial charge < -0.3 is 10.6 Å². The fraction of sp³-hybridized carbons (Fsp3) is 0.227. The van der Waals surface area contributed by atoms with Crippen molar-refractivity contribution in [3.8, 4) is 0 Å². The first-order chi connectivity index (χ1) is 15.7. The zero-order chi connectivity index (χ0) is 23.7. The van der Waals surface area contributed by atoms with Gasteiger partial charge in [-0.25, -0.2) is 18.4 Å². The average Bonchev–Trinajstić information content (AvgIpc) is 3.32. The first-order valence-corrected chi connectivity index (χ1v) is 10.0. The number of anilines is 2. The summed E-state index contributed by atoms with van der Waals surface area (Å²) in [6, 6.07) is 9.49. The number of hydrogen-bond acceptors (Lipinski definition) is 5. The Morgan fingerprint density at radius 1 is 1.03 bits per heavy atom. The van der Waals surface area contributed by atoms with E-state index in [1.54, 1.807) is 57.4 Å². The van der Waals surface area contributed by atoms with Crippen molar-refractivity contribution >= 4 is 34.2 Å². The van der Waals surface area contributed by atoms with Crippen molar-refractivity contribution in [2.75, 3.05) is 10.6 Å². The Hall–Kier alpha value is -4.15. The normalized spacial score (nSPS) is 11.2. The van der Waals surface area contributed by atoms with E-state index in [2.05, 4.69) is 25.8 Å². The highest BCUT2D eigenvalue weighted by atomic mass is 19.3. The number of fused-ring (bicyclic) bond motifs is 1. The molecule has 4 aromatic rings. The monoisotopic (exact) mass is 453 g/mol. The van der Waals surface area contributed by atoms with E-state index < -0.39 is 12.3 Å². The number of alkyl halides is 2. The van der Waals surface area contributed by atoms with Gasteiger partial charge in [-0.15, -0.1) is 0 Å². The summed E-state index contributed by atoms with van der Waals surface area (Å²) >= 11 is 0. The molecule has 170 valence electrons. The fourth-order valence-corrected chi connectivity index (χ4v) is 3.50. The van der Waals surface area contributed by atoms with Crippen molar-refractivity contribution in [1.29, 1.82) is 0 Å². The van der Waals surface area contributed by atoms with Crippen molar-refractivity contribution in [1.82, 2.24) is 24.5 Å². The molecule has 0 aliphatic heterocycles. The molecule has 2 amide bonds. The molecular weight excluding hydrogens is 432 g/mol. The van der Waals surface area contributed by atoms with Crippen LogP contribution in [0.25, 0.3) is 11.0 Å². The van der Waals surface area contributed by atoms with Gasteiger partial charge in [0.2, 0.25) is 5.91 Å². The molecule has 3 aromatic heterocycles. The third-order valence-electron chi connectivity index (χ3n) is 4.94. The first-order valence-electron chi connectivity index (χ1n) is 10.0. The van der Waals surface area contributed by atoms with Crippen molar-refractivity contribution in [2.24, 2.45) is 7.05 Å². The molecule has 0 spiro atoms. The number of aryl methyl sites for hydroxylation is 3. The lowest BCUT2D eigenvalue weighted by Crippen LogP contribution is -2.20. The van der Waals surface area contributed by atoms with Crippen molar-refractivity contribution in [3.05, 3.63) is 65.2 Å². The summed E-state index contributed by atoms with van der Waals surface area (Å²) in [6.07, 6.45) is -1.00. The summed E-state index contributed by atoms with van der Waals surface area (Å²) in [5.41, 5.74) is 2.22. The molecular formula is C22H21F2N7O2. The summed E-state index contributed by atoms with van der Waals surface area (Å²) in [7, 11) is 1.72. The van der Waals surface area contributed by atoms with Gasteiger partial charge in [0.25, 0.3) is 12.3 Å². The van der Waals surface area contributed by atoms with Crippen molar-refractivity contribution < 1.29 is 18.4 Å². The van der Waals surface area contributed by atoms with E-state index in [1.165, 1.54) is 15.4 Å². The van der Waals surface area contributed by atoms with Crippen LogP contribution in [-0.4, -0.2) is 36.4 Å². The van der Waals surface area contributed by atoms with Crippen molar-refractivity contribution in [2.45, 2.75) is 26.8 Å². The molecule has 0 aliphatic carbocycles. The largest absolute Gasteiger partial charge is 0.324 e. The van der Waals surface area contributed by atoms with Gasteiger partial charge in [0.05, 0.1) is 11.1 Å². The van der Waals surface area contributed by atoms with Gasteiger partial charge >= 0.3 is 0 Å². The molecule has 0 saturated heterocycles. The minimum atomic E-state index is -2.67. The smallest absolute Gasteiger partial charge is 0.276 e. The van der Waals surface area contributed by atoms with E-state index in [4.69, 9.17) is 0 Å². The fourth-order valence-electron chi connectivity index (χ4n) is 3.50. The van der Waals surface area contributed by atoms with E-state index in [0.29, 0.717) is 22.8 Å². The Kier molecular flexibility index (Phi) is 5.86. The van der Waals surface area contributed by atoms with Crippen LogP contribution in [0.2, 0.25) is 0 Å². The van der Waals surface area contributed by atoms with E-state index in [0.717, 1.165) is 0 Å². The third-order valence-corrected chi connectivity index (χ3v) is 4.94. The number of carbonyl (C=O) groups excluding carboxylic acids is 2. The number of nitrogens with one attached hydrogen (secondary N) is 2. The maximum Gasteiger partial charge on any atom is 0.276 e. The molecule has 0 saturated carbocycles. The second-order valence-corrected chi connectivity index (χ2v) is 7.55. The van der Waals surface area contributed by atoms with Gasteiger partial charge in [0.15, 0.2) is 11.3 Å². The molecule has 0 radical (unpaired) electrons. The molecule has 0 unspecified atom stereocenters. The lowest BCUT2D eigenvalue weighted by atomic mass is 10.1. The lowest BCUT2D eigenvalue weighted by Gasteiger charge is -2.09. The van der Waals surface area contributed by atoms with Gasteiger partial charge in [-0.3, -0.25) is 14.3 Å². The number of amides is 2. The first kappa shape index (κ1) is 22.1. The average molecular weight is 453 g/mol. The molecule has 33 heavy (non-hydrogen) atoms. The van der Waals surface area contributed by atoms with Crippen LogP contribution < -0.4 is 10.6 Å². The third kappa shape index (κ3) is 4.71. The number of carbonyl (C=O) groups is 2. The SMILES string of the molecule is Cc1cc(C(F)F)c2c(C)nn(CC(=O)Nc3ccc(NC(=O)c4ccn(C)n4)cc3)c2n1. The molecule has 3 heterocycles. The highest BCUT2D eigenvalue weighted by Crippen LogP contribution is 2.30. The maximum absolute atomic E-state index is 13.5. The van der Waals surface area contributed by atoms with Gasteiger partial charge in [0, 0.05) is 35.9 Å². The van der Waals surface area contributed by atoms with Crippen LogP contribution in [0.1, 0.15) is 33.9 Å². The topological polar surface area (TPSA) is 107 Å². The Balaban J connectivity index is 1.45. The zero-order valence-corrected chi connectivity index (χ0v) is 18.1. The molecule has 2 N–H and O–H groups in total. The number of aromatic nitrogens is 5. The minimum Gasteiger partial charge on any atom is -0.324 e. The Bertz CT molecular complexity index is 1340. The van der Waals surface area contributed by atoms with Gasteiger partial charge in [-0.05, 0) is 50.2 Å². The lowest BCUT2D eigenvalue weighted by molar-refractivity contribution is -0.116. The predicted molar refractivity (Wildman–Crippen MR) is 118 cm³/mol. The van der Waals surface area contributed by atoms with Crippen LogP contribution in [0.15, 0.2) is 42.6 Å². The highest BCUT2D eigenvalue weighted by Gasteiger charge is 2.20. The maximum atomic E-state index is 13.5. The van der Waals surface area contributed by atoms with Crippen LogP contribution >= 0.6 is 0 Å². The van der Waals surface area contributed by atoms with Gasteiger partial charge in [-0.1, -0.05) is 0 Å². The van der Waals surface area contributed by atoms with Crippen molar-refractivity contribution in [3.63, 3.8) is 0 Å². The number of pyridine rings is 1. The molecule has 11 heteroatoms. The highest BCUT2D eigenvalue weighted by molar-refractivity contribution is 6.03. The summed E-state index contributed by atoms with van der Waals surface area (Å²) in [6.45, 7) is 3.03. The quantitative estimate of drug-likeness (QED) is 0.464. The molecule has 9 nitrogen and oxygen atoms in total. The number of halogens is 2. The Morgan fingerprint density at radius 3 is 2.30 bits per heavy atom. The Labute approximate surface area is 187 Å². The van der Waals surface area contributed by atoms with Crippen LogP contribution in [-0.2, 0) is 18.4 Å². The summed E-state index contributed by atoms with van der Waals surface area (Å²) in [5.74, 6) is -0.745. The van der Waals surface area contributed by atoms with Crippen LogP contribution in [0.4, 0.5) is 20.2 Å². The molecule has 0 aliphatic rings. The van der Waals surface area contributed by atoms with E-state index in [1.807, 2.05) is 0 Å². The second-order valence-electron chi connectivity index (χ2n) is 7.55. The summed E-state index contributed by atoms with van der Waals surface area (Å²) in [5, 5.41) is 14.0. The summed E-state index contributed by atoms with van der Waals surface area (Å²) in [4.78, 5) is 29.0. The molecule has 0 atom stereocenters. The second kappa shape index (κ2) is 8.77. The van der Waals surface area contributed by atoms with E-state index in [-0.39, 0.29) is 34.7 Å². The standard InChI is InChI=1S/C22H21F2N7O2/c1-12-10-16(20(23)24)19-13(2)28-31(21(19)25-12)11-18(32)26-14-4-6-15(7-5-14)27-22(33)17-8-9-30(3)29-17/h4-10,20H,11H2,1-3H3,(H,26,32)(H,27,33). The number of rotatable bonds is 6. The van der Waals surface area contributed by atoms with E-state index >= 15 is 0 Å². The predicted octanol–water partition coefficient (Wildman–Crippen LogP) is 3.61. The number of nitrogens with zero attached hydrogens (tertiary/aromatic N) is 5. The molecule has 0 fully saturated rings. The number of benzene rings is 1. The minimum absolute atomic E-state index is 0.148. The van der Waals surface area contributed by atoms with Crippen LogP contribution in [0.5, 0.6) is 0 Å². The molecule has 0 bridgehead atoms.